The molecule has 9 heteroatoms. The Hall–Kier alpha value is -1.71. The molecule has 2 N–H and O–H groups in total. The molecule has 0 saturated carbocycles. The topological polar surface area (TPSA) is 123 Å². The van der Waals surface area contributed by atoms with E-state index in [1.54, 1.807) is 6.92 Å². The van der Waals surface area contributed by atoms with E-state index in [1.807, 2.05) is 20.8 Å². The van der Waals surface area contributed by atoms with E-state index >= 15 is 0 Å². The maximum Gasteiger partial charge on any atom is 0.306 e. The number of ether oxygens (including phenoxy) is 5. The number of hydrogen-bond acceptors (Lipinski definition) is 9. The van der Waals surface area contributed by atoms with Gasteiger partial charge in [-0.15, -0.1) is 0 Å². The zero-order valence-corrected chi connectivity index (χ0v) is 19.3. The van der Waals surface area contributed by atoms with Gasteiger partial charge in [0.15, 0.2) is 24.6 Å². The van der Waals surface area contributed by atoms with E-state index in [0.29, 0.717) is 38.8 Å². The van der Waals surface area contributed by atoms with Gasteiger partial charge in [0, 0.05) is 25.9 Å². The van der Waals surface area contributed by atoms with Crippen molar-refractivity contribution in [3.8, 4) is 0 Å². The molecular formula is C22H39NO8. The summed E-state index contributed by atoms with van der Waals surface area (Å²) in [4.78, 5) is 36.8. The molecule has 0 radical (unpaired) electrons. The van der Waals surface area contributed by atoms with Crippen LogP contribution in [0.1, 0.15) is 79.1 Å². The SMILES string of the molecule is CCCC(=O)O[C@@H]1[C@@H](OC(=O)CCC)[C@H](C)O[C@@H](OCCCCN)[C@@H]1OC(=O)CCC. The summed E-state index contributed by atoms with van der Waals surface area (Å²) in [5, 5.41) is 0. The summed E-state index contributed by atoms with van der Waals surface area (Å²) >= 11 is 0. The summed E-state index contributed by atoms with van der Waals surface area (Å²) in [6.45, 7) is 8.16. The Labute approximate surface area is 185 Å². The molecular weight excluding hydrogens is 406 g/mol. The molecule has 0 bridgehead atoms. The normalized spacial score (nSPS) is 25.6. The second kappa shape index (κ2) is 15.2. The first-order valence-corrected chi connectivity index (χ1v) is 11.4. The largest absolute Gasteiger partial charge is 0.455 e. The average Bonchev–Trinajstić information content (AvgIpc) is 2.71. The zero-order chi connectivity index (χ0) is 23.2. The van der Waals surface area contributed by atoms with E-state index in [-0.39, 0.29) is 19.3 Å². The third-order valence-corrected chi connectivity index (χ3v) is 4.77. The summed E-state index contributed by atoms with van der Waals surface area (Å²) in [6, 6.07) is 0. The van der Waals surface area contributed by atoms with E-state index in [0.717, 1.165) is 6.42 Å². The highest BCUT2D eigenvalue weighted by atomic mass is 16.7. The van der Waals surface area contributed by atoms with Gasteiger partial charge in [0.2, 0.25) is 0 Å². The van der Waals surface area contributed by atoms with Crippen LogP contribution in [-0.4, -0.2) is 61.8 Å². The molecule has 0 aliphatic carbocycles. The van der Waals surface area contributed by atoms with Crippen LogP contribution in [0.15, 0.2) is 0 Å². The first-order valence-electron chi connectivity index (χ1n) is 11.4. The minimum absolute atomic E-state index is 0.193. The Bertz CT molecular complexity index is 556. The molecule has 0 spiro atoms. The number of hydrogen-bond donors (Lipinski definition) is 1. The van der Waals surface area contributed by atoms with E-state index in [4.69, 9.17) is 29.4 Å². The molecule has 1 saturated heterocycles. The molecule has 0 aromatic heterocycles. The van der Waals surface area contributed by atoms with E-state index in [2.05, 4.69) is 0 Å². The standard InChI is InChI=1S/C22H39NO8/c1-5-10-16(24)29-19-15(4)28-22(27-14-9-8-13-23)21(31-18(26)12-7-3)20(19)30-17(25)11-6-2/h15,19-22H,5-14,23H2,1-4H3/t15-,19-,20+,21+,22+/m0/s1. The molecule has 31 heavy (non-hydrogen) atoms. The van der Waals surface area contributed by atoms with Gasteiger partial charge in [-0.3, -0.25) is 14.4 Å². The fourth-order valence-electron chi connectivity index (χ4n) is 3.22. The van der Waals surface area contributed by atoms with Crippen LogP contribution in [0, 0.1) is 0 Å². The quantitative estimate of drug-likeness (QED) is 0.244. The Kier molecular flexibility index (Phi) is 13.4. The highest BCUT2D eigenvalue weighted by Gasteiger charge is 2.51. The van der Waals surface area contributed by atoms with Crippen LogP contribution in [0.25, 0.3) is 0 Å². The van der Waals surface area contributed by atoms with E-state index in [9.17, 15) is 14.4 Å². The lowest BCUT2D eigenvalue weighted by atomic mass is 9.98. The molecule has 180 valence electrons. The van der Waals surface area contributed by atoms with Crippen molar-refractivity contribution >= 4 is 17.9 Å². The predicted molar refractivity (Wildman–Crippen MR) is 113 cm³/mol. The van der Waals surface area contributed by atoms with Crippen LogP contribution in [0.4, 0.5) is 0 Å². The molecule has 1 heterocycles. The summed E-state index contributed by atoms with van der Waals surface area (Å²) in [5.74, 6) is -1.35. The van der Waals surface area contributed by atoms with Gasteiger partial charge in [-0.25, -0.2) is 0 Å². The fourth-order valence-corrected chi connectivity index (χ4v) is 3.22. The first-order chi connectivity index (χ1) is 14.9. The first kappa shape index (κ1) is 27.3. The Morgan fingerprint density at radius 3 is 1.74 bits per heavy atom. The van der Waals surface area contributed by atoms with Gasteiger partial charge in [0.1, 0.15) is 0 Å². The summed E-state index contributed by atoms with van der Waals surface area (Å²) < 4.78 is 28.7. The van der Waals surface area contributed by atoms with Crippen molar-refractivity contribution in [1.29, 1.82) is 0 Å². The lowest BCUT2D eigenvalue weighted by Gasteiger charge is -2.43. The zero-order valence-electron chi connectivity index (χ0n) is 19.3. The maximum atomic E-state index is 12.3. The van der Waals surface area contributed by atoms with Crippen LogP contribution in [0.3, 0.4) is 0 Å². The molecule has 5 atom stereocenters. The molecule has 1 aliphatic heterocycles. The summed E-state index contributed by atoms with van der Waals surface area (Å²) in [6.07, 6.45) is -0.667. The van der Waals surface area contributed by atoms with Crippen LogP contribution >= 0.6 is 0 Å². The number of carbonyl (C=O) groups is 3. The van der Waals surface area contributed by atoms with Crippen LogP contribution < -0.4 is 5.73 Å². The van der Waals surface area contributed by atoms with Gasteiger partial charge in [-0.05, 0) is 45.6 Å². The van der Waals surface area contributed by atoms with Crippen molar-refractivity contribution < 1.29 is 38.1 Å². The van der Waals surface area contributed by atoms with Crippen molar-refractivity contribution in [2.75, 3.05) is 13.2 Å². The minimum Gasteiger partial charge on any atom is -0.455 e. The number of unbranched alkanes of at least 4 members (excludes halogenated alkanes) is 1. The number of carbonyl (C=O) groups excluding carboxylic acids is 3. The van der Waals surface area contributed by atoms with Gasteiger partial charge in [0.25, 0.3) is 0 Å². The van der Waals surface area contributed by atoms with E-state index in [1.165, 1.54) is 0 Å². The van der Waals surface area contributed by atoms with Crippen LogP contribution in [0.2, 0.25) is 0 Å². The second-order valence-electron chi connectivity index (χ2n) is 7.69. The van der Waals surface area contributed by atoms with Crippen molar-refractivity contribution in [3.63, 3.8) is 0 Å². The number of esters is 3. The molecule has 0 unspecified atom stereocenters. The highest BCUT2D eigenvalue weighted by Crippen LogP contribution is 2.30. The minimum atomic E-state index is -1.05. The molecule has 1 aliphatic rings. The molecule has 1 rings (SSSR count). The summed E-state index contributed by atoms with van der Waals surface area (Å²) in [5.41, 5.74) is 5.53. The Morgan fingerprint density at radius 1 is 0.774 bits per heavy atom. The van der Waals surface area contributed by atoms with Gasteiger partial charge in [-0.2, -0.15) is 0 Å². The highest BCUT2D eigenvalue weighted by molar-refractivity contribution is 5.71. The lowest BCUT2D eigenvalue weighted by molar-refractivity contribution is -0.301. The predicted octanol–water partition coefficient (Wildman–Crippen LogP) is 2.62. The second-order valence-corrected chi connectivity index (χ2v) is 7.69. The van der Waals surface area contributed by atoms with Gasteiger partial charge in [-0.1, -0.05) is 20.8 Å². The van der Waals surface area contributed by atoms with Crippen LogP contribution in [0.5, 0.6) is 0 Å². The molecule has 1 fully saturated rings. The van der Waals surface area contributed by atoms with E-state index < -0.39 is 48.6 Å². The third-order valence-electron chi connectivity index (χ3n) is 4.77. The van der Waals surface area contributed by atoms with Crippen molar-refractivity contribution in [2.24, 2.45) is 5.73 Å². The average molecular weight is 446 g/mol. The van der Waals surface area contributed by atoms with Crippen molar-refractivity contribution in [3.05, 3.63) is 0 Å². The Morgan fingerprint density at radius 2 is 1.26 bits per heavy atom. The molecule has 0 aromatic carbocycles. The number of rotatable bonds is 14. The summed E-state index contributed by atoms with van der Waals surface area (Å²) in [7, 11) is 0. The Balaban J connectivity index is 3.13. The fraction of sp³-hybridized carbons (Fsp3) is 0.864. The third kappa shape index (κ3) is 9.53. The van der Waals surface area contributed by atoms with Gasteiger partial charge >= 0.3 is 17.9 Å². The lowest BCUT2D eigenvalue weighted by Crippen LogP contribution is -2.61. The van der Waals surface area contributed by atoms with Crippen LogP contribution in [-0.2, 0) is 38.1 Å². The smallest absolute Gasteiger partial charge is 0.306 e. The number of nitrogens with two attached hydrogens (primary N) is 1. The van der Waals surface area contributed by atoms with Crippen molar-refractivity contribution in [1.82, 2.24) is 0 Å². The van der Waals surface area contributed by atoms with Gasteiger partial charge in [0.05, 0.1) is 6.10 Å². The molecule has 9 nitrogen and oxygen atoms in total. The molecule has 0 amide bonds. The monoisotopic (exact) mass is 445 g/mol. The molecule has 0 aromatic rings. The maximum absolute atomic E-state index is 12.3. The van der Waals surface area contributed by atoms with Crippen molar-refractivity contribution in [2.45, 2.75) is 110 Å². The van der Waals surface area contributed by atoms with Gasteiger partial charge < -0.3 is 29.4 Å².